The van der Waals surface area contributed by atoms with Crippen LogP contribution in [0.2, 0.25) is 0 Å². The molecule has 1 aliphatic carbocycles. The molecule has 2 aromatic carbocycles. The molecule has 5 rings (SSSR count). The molecule has 2 aliphatic rings. The fourth-order valence-corrected chi connectivity index (χ4v) is 5.20. The molecule has 2 fully saturated rings. The normalized spacial score (nSPS) is 23.9. The largest absolute Gasteiger partial charge is 0.496 e. The maximum absolute atomic E-state index is 13.3. The molecule has 2 N–H and O–H groups in total. The fourth-order valence-electron chi connectivity index (χ4n) is 5.20. The molecule has 35 heavy (non-hydrogen) atoms. The number of aromatic nitrogens is 1. The van der Waals surface area contributed by atoms with E-state index in [0.717, 1.165) is 46.3 Å². The number of hydrogen-bond donors (Lipinski definition) is 2. The number of carboxylic acid groups (broad SMARTS) is 1. The van der Waals surface area contributed by atoms with Gasteiger partial charge in [0, 0.05) is 48.2 Å². The minimum Gasteiger partial charge on any atom is -0.496 e. The molecule has 0 radical (unpaired) electrons. The third kappa shape index (κ3) is 4.77. The summed E-state index contributed by atoms with van der Waals surface area (Å²) in [6.07, 6.45) is 3.10. The Bertz CT molecular complexity index is 1220. The number of aromatic carboxylic acids is 1. The zero-order valence-corrected chi connectivity index (χ0v) is 19.9. The van der Waals surface area contributed by atoms with Gasteiger partial charge in [-0.1, -0.05) is 12.1 Å². The molecule has 0 amide bonds. The lowest BCUT2D eigenvalue weighted by Crippen LogP contribution is -2.39. The van der Waals surface area contributed by atoms with E-state index in [1.807, 2.05) is 31.3 Å². The molecule has 1 unspecified atom stereocenters. The van der Waals surface area contributed by atoms with Crippen LogP contribution in [0.3, 0.4) is 0 Å². The number of methoxy groups -OCH3 is 1. The maximum atomic E-state index is 13.3. The zero-order chi connectivity index (χ0) is 24.7. The second kappa shape index (κ2) is 9.24. The van der Waals surface area contributed by atoms with Gasteiger partial charge in [0.15, 0.2) is 0 Å². The Labute approximate surface area is 202 Å². The zero-order valence-electron chi connectivity index (χ0n) is 19.9. The molecule has 6 nitrogen and oxygen atoms in total. The van der Waals surface area contributed by atoms with Crippen molar-refractivity contribution < 1.29 is 28.2 Å². The number of carboxylic acids is 1. The Morgan fingerprint density at radius 1 is 1.26 bits per heavy atom. The van der Waals surface area contributed by atoms with Crippen molar-refractivity contribution in [1.29, 1.82) is 0 Å². The number of fused-ring (bicyclic) bond motifs is 1. The van der Waals surface area contributed by atoms with Crippen LogP contribution >= 0.6 is 0 Å². The van der Waals surface area contributed by atoms with E-state index in [2.05, 4.69) is 16.0 Å². The molecule has 1 saturated carbocycles. The molecule has 1 aliphatic heterocycles. The SMILES string of the molecule is COc1cc(C)c2[nH]ccc2c1CN1CC[C@H](OCC2CC2(F)F)C[C@H]1c1ccc(C(=O)O)cc1. The first-order valence-electron chi connectivity index (χ1n) is 12.0. The molecule has 0 bridgehead atoms. The molecule has 3 aromatic rings. The van der Waals surface area contributed by atoms with Crippen molar-refractivity contribution in [1.82, 2.24) is 9.88 Å². The van der Waals surface area contributed by atoms with E-state index in [1.54, 1.807) is 19.2 Å². The van der Waals surface area contributed by atoms with Crippen molar-refractivity contribution in [3.63, 3.8) is 0 Å². The van der Waals surface area contributed by atoms with Crippen molar-refractivity contribution in [3.8, 4) is 5.75 Å². The van der Waals surface area contributed by atoms with E-state index in [9.17, 15) is 18.7 Å². The highest BCUT2D eigenvalue weighted by Crippen LogP contribution is 2.49. The molecule has 3 atom stereocenters. The van der Waals surface area contributed by atoms with E-state index in [-0.39, 0.29) is 30.7 Å². The molecule has 8 heteroatoms. The summed E-state index contributed by atoms with van der Waals surface area (Å²) < 4.78 is 38.4. The lowest BCUT2D eigenvalue weighted by molar-refractivity contribution is -0.0343. The van der Waals surface area contributed by atoms with E-state index in [4.69, 9.17) is 9.47 Å². The first-order valence-corrected chi connectivity index (χ1v) is 12.0. The number of hydrogen-bond acceptors (Lipinski definition) is 4. The molecular formula is C27H30F2N2O4. The van der Waals surface area contributed by atoms with Gasteiger partial charge in [0.2, 0.25) is 0 Å². The number of rotatable bonds is 8. The minimum atomic E-state index is -2.59. The van der Waals surface area contributed by atoms with Gasteiger partial charge >= 0.3 is 5.97 Å². The Kier molecular flexibility index (Phi) is 6.27. The number of ether oxygens (including phenoxy) is 2. The van der Waals surface area contributed by atoms with Gasteiger partial charge in [-0.3, -0.25) is 4.90 Å². The van der Waals surface area contributed by atoms with Crippen molar-refractivity contribution in [2.45, 2.75) is 50.8 Å². The van der Waals surface area contributed by atoms with Gasteiger partial charge in [0.1, 0.15) is 5.75 Å². The predicted molar refractivity (Wildman–Crippen MR) is 128 cm³/mol. The number of carbonyl (C=O) groups is 1. The third-order valence-electron chi connectivity index (χ3n) is 7.39. The maximum Gasteiger partial charge on any atom is 0.335 e. The van der Waals surface area contributed by atoms with Crippen LogP contribution in [0.4, 0.5) is 8.78 Å². The summed E-state index contributed by atoms with van der Waals surface area (Å²) in [7, 11) is 1.67. The molecule has 0 spiro atoms. The average molecular weight is 485 g/mol. The molecule has 1 saturated heterocycles. The van der Waals surface area contributed by atoms with Crippen molar-refractivity contribution in [2.75, 3.05) is 20.3 Å². The number of aromatic amines is 1. The minimum absolute atomic E-state index is 0.0451. The van der Waals surface area contributed by atoms with Crippen molar-refractivity contribution in [2.24, 2.45) is 5.92 Å². The van der Waals surface area contributed by atoms with Gasteiger partial charge in [-0.15, -0.1) is 0 Å². The van der Waals surface area contributed by atoms with E-state index >= 15 is 0 Å². The van der Waals surface area contributed by atoms with Crippen molar-refractivity contribution >= 4 is 16.9 Å². The lowest BCUT2D eigenvalue weighted by atomic mass is 9.91. The third-order valence-corrected chi connectivity index (χ3v) is 7.39. The lowest BCUT2D eigenvalue weighted by Gasteiger charge is -2.40. The molecule has 186 valence electrons. The van der Waals surface area contributed by atoms with Crippen molar-refractivity contribution in [3.05, 3.63) is 64.8 Å². The van der Waals surface area contributed by atoms with Crippen LogP contribution in [-0.4, -0.2) is 53.2 Å². The highest BCUT2D eigenvalue weighted by molar-refractivity contribution is 5.88. The summed E-state index contributed by atoms with van der Waals surface area (Å²) >= 11 is 0. The number of alkyl halides is 2. The number of piperidine rings is 1. The topological polar surface area (TPSA) is 74.8 Å². The fraction of sp³-hybridized carbons (Fsp3) is 0.444. The van der Waals surface area contributed by atoms with Gasteiger partial charge in [0.25, 0.3) is 5.92 Å². The van der Waals surface area contributed by atoms with Crippen LogP contribution in [0.15, 0.2) is 42.6 Å². The molecular weight excluding hydrogens is 454 g/mol. The Morgan fingerprint density at radius 2 is 2.00 bits per heavy atom. The number of nitrogens with zero attached hydrogens (tertiary/aromatic N) is 1. The summed E-state index contributed by atoms with van der Waals surface area (Å²) in [5, 5.41) is 10.4. The smallest absolute Gasteiger partial charge is 0.335 e. The Hall–Kier alpha value is -2.97. The number of H-pyrrole nitrogens is 1. The summed E-state index contributed by atoms with van der Waals surface area (Å²) in [5.41, 5.74) is 4.48. The Balaban J connectivity index is 1.41. The van der Waals surface area contributed by atoms with E-state index in [1.165, 1.54) is 0 Å². The van der Waals surface area contributed by atoms with Crippen LogP contribution in [0.1, 0.15) is 52.4 Å². The molecule has 2 heterocycles. The van der Waals surface area contributed by atoms with Gasteiger partial charge in [-0.25, -0.2) is 13.6 Å². The number of aryl methyl sites for hydroxylation is 1. The summed E-state index contributed by atoms with van der Waals surface area (Å²) in [4.78, 5) is 17.0. The van der Waals surface area contributed by atoms with Crippen LogP contribution < -0.4 is 4.74 Å². The molecule has 1 aromatic heterocycles. The van der Waals surface area contributed by atoms with Crippen LogP contribution in [0.5, 0.6) is 5.75 Å². The summed E-state index contributed by atoms with van der Waals surface area (Å²) in [5.74, 6) is -3.41. The van der Waals surface area contributed by atoms with Crippen LogP contribution in [-0.2, 0) is 11.3 Å². The predicted octanol–water partition coefficient (Wildman–Crippen LogP) is 5.56. The quantitative estimate of drug-likeness (QED) is 0.438. The summed E-state index contributed by atoms with van der Waals surface area (Å²) in [6, 6.07) is 11.0. The van der Waals surface area contributed by atoms with Gasteiger partial charge in [0.05, 0.1) is 31.3 Å². The van der Waals surface area contributed by atoms with Crippen LogP contribution in [0, 0.1) is 12.8 Å². The highest BCUT2D eigenvalue weighted by Gasteiger charge is 2.57. The average Bonchev–Trinajstić information content (AvgIpc) is 3.20. The Morgan fingerprint density at radius 3 is 2.66 bits per heavy atom. The van der Waals surface area contributed by atoms with Gasteiger partial charge in [-0.05, 0) is 55.2 Å². The monoisotopic (exact) mass is 484 g/mol. The number of benzene rings is 2. The van der Waals surface area contributed by atoms with Gasteiger partial charge in [-0.2, -0.15) is 0 Å². The van der Waals surface area contributed by atoms with Crippen LogP contribution in [0.25, 0.3) is 10.9 Å². The van der Waals surface area contributed by atoms with E-state index < -0.39 is 17.8 Å². The van der Waals surface area contributed by atoms with E-state index in [0.29, 0.717) is 13.0 Å². The van der Waals surface area contributed by atoms with Gasteiger partial charge < -0.3 is 19.6 Å². The first kappa shape index (κ1) is 23.8. The number of halogens is 2. The summed E-state index contributed by atoms with van der Waals surface area (Å²) in [6.45, 7) is 3.48. The number of likely N-dealkylation sites (tertiary alicyclic amines) is 1. The second-order valence-corrected chi connectivity index (χ2v) is 9.70. The highest BCUT2D eigenvalue weighted by atomic mass is 19.3. The first-order chi connectivity index (χ1) is 16.8. The second-order valence-electron chi connectivity index (χ2n) is 9.70. The standard InChI is InChI=1S/C27H30F2N2O4/c1-16-11-24(34-2)22(21-7-9-30-25(16)21)14-31-10-8-20(35-15-19-13-27(19,28)29)12-23(31)17-3-5-18(6-4-17)26(32)33/h3-7,9,11,19-20,23,30H,8,10,12-15H2,1-2H3,(H,32,33)/t19?,20-,23-/m0/s1. The number of nitrogens with one attached hydrogen (secondary N) is 1.